The lowest BCUT2D eigenvalue weighted by Gasteiger charge is -2.37. The molecular weight excluding hydrogens is 461 g/mol. The number of pyridine rings is 1. The molecule has 1 aliphatic heterocycles. The number of aliphatic hydroxyl groups is 1. The molecule has 2 amide bonds. The molecule has 33 heavy (non-hydrogen) atoms. The zero-order chi connectivity index (χ0) is 23.7. The normalized spacial score (nSPS) is 24.5. The highest BCUT2D eigenvalue weighted by molar-refractivity contribution is 6.36. The van der Waals surface area contributed by atoms with E-state index < -0.39 is 17.8 Å². The highest BCUT2D eigenvalue weighted by Gasteiger charge is 2.40. The summed E-state index contributed by atoms with van der Waals surface area (Å²) < 4.78 is 41.8. The van der Waals surface area contributed by atoms with Crippen LogP contribution in [0.25, 0.3) is 5.52 Å². The summed E-state index contributed by atoms with van der Waals surface area (Å²) in [5.74, 6) is -0.648. The summed E-state index contributed by atoms with van der Waals surface area (Å²) in [4.78, 5) is 28.8. The van der Waals surface area contributed by atoms with Gasteiger partial charge in [0.2, 0.25) is 5.91 Å². The lowest BCUT2D eigenvalue weighted by Crippen LogP contribution is -2.55. The quantitative estimate of drug-likeness (QED) is 0.706. The number of amides is 2. The summed E-state index contributed by atoms with van der Waals surface area (Å²) in [5, 5.41) is 13.3. The molecule has 0 bridgehead atoms. The van der Waals surface area contributed by atoms with Gasteiger partial charge >= 0.3 is 6.18 Å². The van der Waals surface area contributed by atoms with E-state index >= 15 is 0 Å². The van der Waals surface area contributed by atoms with Crippen LogP contribution in [0.5, 0.6) is 0 Å². The Balaban J connectivity index is 1.38. The van der Waals surface area contributed by atoms with E-state index in [1.54, 1.807) is 11.0 Å². The summed E-state index contributed by atoms with van der Waals surface area (Å²) in [6, 6.07) is 2.57. The number of aromatic nitrogens is 2. The van der Waals surface area contributed by atoms with Crippen LogP contribution in [-0.2, 0) is 11.0 Å². The molecule has 3 aliphatic rings. The van der Waals surface area contributed by atoms with Crippen LogP contribution in [0.2, 0.25) is 5.02 Å². The topological polar surface area (TPSA) is 78.2 Å². The van der Waals surface area contributed by atoms with Gasteiger partial charge in [-0.25, -0.2) is 4.52 Å². The molecule has 7 nitrogen and oxygen atoms in total. The van der Waals surface area contributed by atoms with Crippen LogP contribution >= 0.6 is 11.6 Å². The third kappa shape index (κ3) is 4.19. The van der Waals surface area contributed by atoms with Crippen molar-refractivity contribution in [2.45, 2.75) is 56.8 Å². The fraction of sp³-hybridized carbons (Fsp3) is 0.591. The Bertz CT molecular complexity index is 1130. The molecular formula is C22H24ClF3N4O3. The predicted octanol–water partition coefficient (Wildman–Crippen LogP) is 3.33. The van der Waals surface area contributed by atoms with Crippen molar-refractivity contribution < 1.29 is 27.9 Å². The summed E-state index contributed by atoms with van der Waals surface area (Å²) in [5.41, 5.74) is -0.683. The largest absolute Gasteiger partial charge is 0.433 e. The maximum Gasteiger partial charge on any atom is 0.433 e. The Hall–Kier alpha value is -2.33. The van der Waals surface area contributed by atoms with Crippen molar-refractivity contribution in [2.24, 2.45) is 5.92 Å². The SMILES string of the molecule is CC(CC1CC1O)N1CCN(C(=O)c2nn3c(C(F)(F)F)cc(C4CC4)cc3c2Cl)CC1=O. The highest BCUT2D eigenvalue weighted by atomic mass is 35.5. The maximum atomic E-state index is 13.7. The van der Waals surface area contributed by atoms with Crippen molar-refractivity contribution in [1.29, 1.82) is 0 Å². The molecule has 3 unspecified atom stereocenters. The number of carbonyl (C=O) groups excluding carboxylic acids is 2. The first-order valence-electron chi connectivity index (χ1n) is 11.1. The highest BCUT2D eigenvalue weighted by Crippen LogP contribution is 2.43. The van der Waals surface area contributed by atoms with Crippen molar-refractivity contribution in [3.05, 3.63) is 34.1 Å². The van der Waals surface area contributed by atoms with Gasteiger partial charge in [-0.15, -0.1) is 0 Å². The molecule has 0 spiro atoms. The van der Waals surface area contributed by atoms with Crippen LogP contribution in [0.4, 0.5) is 13.2 Å². The summed E-state index contributed by atoms with van der Waals surface area (Å²) in [6.45, 7) is 2.25. The van der Waals surface area contributed by atoms with Gasteiger partial charge in [-0.1, -0.05) is 11.6 Å². The molecule has 2 aromatic rings. The summed E-state index contributed by atoms with van der Waals surface area (Å²) >= 11 is 6.37. The van der Waals surface area contributed by atoms with Crippen molar-refractivity contribution in [1.82, 2.24) is 19.4 Å². The van der Waals surface area contributed by atoms with Crippen molar-refractivity contribution in [3.63, 3.8) is 0 Å². The fourth-order valence-electron chi connectivity index (χ4n) is 4.66. The average Bonchev–Trinajstić information content (AvgIpc) is 3.67. The predicted molar refractivity (Wildman–Crippen MR) is 113 cm³/mol. The Labute approximate surface area is 193 Å². The Morgan fingerprint density at radius 2 is 2.00 bits per heavy atom. The maximum absolute atomic E-state index is 13.7. The molecule has 3 fully saturated rings. The average molecular weight is 485 g/mol. The van der Waals surface area contributed by atoms with Crippen LogP contribution in [0.15, 0.2) is 12.1 Å². The first-order valence-corrected chi connectivity index (χ1v) is 11.5. The molecule has 5 rings (SSSR count). The monoisotopic (exact) mass is 484 g/mol. The minimum Gasteiger partial charge on any atom is -0.393 e. The van der Waals surface area contributed by atoms with Crippen LogP contribution in [0, 0.1) is 5.92 Å². The van der Waals surface area contributed by atoms with Gasteiger partial charge < -0.3 is 14.9 Å². The minimum absolute atomic E-state index is 0.0401. The minimum atomic E-state index is -4.66. The molecule has 3 heterocycles. The van der Waals surface area contributed by atoms with E-state index in [-0.39, 0.29) is 59.2 Å². The molecule has 0 radical (unpaired) electrons. The van der Waals surface area contributed by atoms with Crippen LogP contribution < -0.4 is 0 Å². The third-order valence-electron chi connectivity index (χ3n) is 6.84. The van der Waals surface area contributed by atoms with Gasteiger partial charge in [-0.05, 0) is 62.1 Å². The van der Waals surface area contributed by atoms with Gasteiger partial charge in [-0.3, -0.25) is 9.59 Å². The number of hydrogen-bond donors (Lipinski definition) is 1. The number of halogens is 4. The second kappa shape index (κ2) is 7.87. The van der Waals surface area contributed by atoms with E-state index in [9.17, 15) is 27.9 Å². The lowest BCUT2D eigenvalue weighted by atomic mass is 10.1. The zero-order valence-electron chi connectivity index (χ0n) is 18.0. The van der Waals surface area contributed by atoms with Gasteiger partial charge in [0.15, 0.2) is 5.69 Å². The number of hydrogen-bond acceptors (Lipinski definition) is 4. The Morgan fingerprint density at radius 3 is 2.58 bits per heavy atom. The summed E-state index contributed by atoms with van der Waals surface area (Å²) in [7, 11) is 0. The lowest BCUT2D eigenvalue weighted by molar-refractivity contribution is -0.142. The first kappa shape index (κ1) is 22.5. The second-order valence-electron chi connectivity index (χ2n) is 9.37. The second-order valence-corrected chi connectivity index (χ2v) is 9.75. The molecule has 2 saturated carbocycles. The number of alkyl halides is 3. The molecule has 1 N–H and O–H groups in total. The molecule has 11 heteroatoms. The van der Waals surface area contributed by atoms with Gasteiger partial charge in [-0.2, -0.15) is 18.3 Å². The van der Waals surface area contributed by atoms with Gasteiger partial charge in [0.1, 0.15) is 12.2 Å². The number of aliphatic hydroxyl groups excluding tert-OH is 1. The standard InChI is InChI=1S/C22H24ClF3N4O3/c1-11(6-14-8-16(14)31)29-5-4-28(10-18(29)32)21(33)20-19(23)15-7-13(12-2-3-12)9-17(22(24,25)26)30(15)27-20/h7,9,11-12,14,16,31H,2-6,8,10H2,1H3. The number of fused-ring (bicyclic) bond motifs is 1. The zero-order valence-corrected chi connectivity index (χ0v) is 18.7. The van der Waals surface area contributed by atoms with E-state index in [2.05, 4.69) is 5.10 Å². The van der Waals surface area contributed by atoms with E-state index in [0.717, 1.165) is 25.3 Å². The summed E-state index contributed by atoms with van der Waals surface area (Å²) in [6.07, 6.45) is -1.89. The van der Waals surface area contributed by atoms with Crippen LogP contribution in [0.3, 0.4) is 0 Å². The third-order valence-corrected chi connectivity index (χ3v) is 7.22. The Kier molecular flexibility index (Phi) is 5.36. The van der Waals surface area contributed by atoms with Crippen molar-refractivity contribution in [3.8, 4) is 0 Å². The number of carbonyl (C=O) groups is 2. The smallest absolute Gasteiger partial charge is 0.393 e. The van der Waals surface area contributed by atoms with Crippen molar-refractivity contribution >= 4 is 28.9 Å². The van der Waals surface area contributed by atoms with Gasteiger partial charge in [0.25, 0.3) is 5.91 Å². The molecule has 3 atom stereocenters. The number of piperazine rings is 1. The fourth-order valence-corrected chi connectivity index (χ4v) is 4.91. The van der Waals surface area contributed by atoms with Gasteiger partial charge in [0.05, 0.1) is 16.6 Å². The van der Waals surface area contributed by atoms with E-state index in [1.165, 1.54) is 4.90 Å². The van der Waals surface area contributed by atoms with Gasteiger partial charge in [0, 0.05) is 19.1 Å². The number of nitrogens with zero attached hydrogens (tertiary/aromatic N) is 4. The van der Waals surface area contributed by atoms with Crippen molar-refractivity contribution in [2.75, 3.05) is 19.6 Å². The van der Waals surface area contributed by atoms with Crippen LogP contribution in [-0.4, -0.2) is 68.1 Å². The van der Waals surface area contributed by atoms with E-state index in [0.29, 0.717) is 23.0 Å². The molecule has 2 aliphatic carbocycles. The van der Waals surface area contributed by atoms with E-state index in [1.807, 2.05) is 6.92 Å². The first-order chi connectivity index (χ1) is 15.5. The molecule has 2 aromatic heterocycles. The van der Waals surface area contributed by atoms with E-state index in [4.69, 9.17) is 11.6 Å². The molecule has 0 aromatic carbocycles. The number of rotatable bonds is 5. The molecule has 1 saturated heterocycles. The Morgan fingerprint density at radius 1 is 1.30 bits per heavy atom. The van der Waals surface area contributed by atoms with Crippen LogP contribution in [0.1, 0.15) is 60.3 Å². The molecule has 178 valence electrons.